The minimum Gasteiger partial charge on any atom is -0.167 e. The van der Waals surface area contributed by atoms with E-state index < -0.39 is 11.7 Å². The SMILES string of the molecule is C/C(=C\CC=S)C(F)(F)F. The number of rotatable bonds is 2. The molecule has 0 aliphatic rings. The summed E-state index contributed by atoms with van der Waals surface area (Å²) in [4.78, 5) is 0. The number of allylic oxidation sites excluding steroid dienone is 2. The first-order valence-electron chi connectivity index (χ1n) is 2.66. The van der Waals surface area contributed by atoms with Crippen molar-refractivity contribution in [3.8, 4) is 0 Å². The minimum absolute atomic E-state index is 0.195. The zero-order valence-electron chi connectivity index (χ0n) is 5.40. The van der Waals surface area contributed by atoms with Gasteiger partial charge in [0, 0.05) is 5.57 Å². The highest BCUT2D eigenvalue weighted by Gasteiger charge is 2.29. The van der Waals surface area contributed by atoms with E-state index in [-0.39, 0.29) is 6.42 Å². The lowest BCUT2D eigenvalue weighted by molar-refractivity contribution is -0.0914. The van der Waals surface area contributed by atoms with E-state index in [1.165, 1.54) is 5.37 Å². The van der Waals surface area contributed by atoms with E-state index in [0.29, 0.717) is 0 Å². The Bertz CT molecular complexity index is 146. The number of halogens is 3. The molecule has 0 bridgehead atoms. The molecule has 0 heterocycles. The van der Waals surface area contributed by atoms with E-state index in [1.807, 2.05) is 0 Å². The van der Waals surface area contributed by atoms with Gasteiger partial charge in [-0.15, -0.1) is 0 Å². The van der Waals surface area contributed by atoms with E-state index in [9.17, 15) is 13.2 Å². The van der Waals surface area contributed by atoms with Crippen molar-refractivity contribution in [2.45, 2.75) is 19.5 Å². The van der Waals surface area contributed by atoms with Crippen LogP contribution in [0.4, 0.5) is 13.2 Å². The van der Waals surface area contributed by atoms with Crippen LogP contribution in [-0.2, 0) is 0 Å². The van der Waals surface area contributed by atoms with Crippen molar-refractivity contribution in [1.29, 1.82) is 0 Å². The minimum atomic E-state index is -4.20. The lowest BCUT2D eigenvalue weighted by Gasteiger charge is -2.04. The summed E-state index contributed by atoms with van der Waals surface area (Å²) >= 11 is 4.36. The largest absolute Gasteiger partial charge is 0.412 e. The Balaban J connectivity index is 4.05. The van der Waals surface area contributed by atoms with Crippen LogP contribution in [-0.4, -0.2) is 11.5 Å². The molecule has 0 aromatic rings. The highest BCUT2D eigenvalue weighted by atomic mass is 32.1. The lowest BCUT2D eigenvalue weighted by atomic mass is 10.2. The molecule has 0 saturated carbocycles. The maximum absolute atomic E-state index is 11.7. The van der Waals surface area contributed by atoms with E-state index in [4.69, 9.17) is 0 Å². The summed E-state index contributed by atoms with van der Waals surface area (Å²) in [7, 11) is 0. The fraction of sp³-hybridized carbons (Fsp3) is 0.500. The Morgan fingerprint density at radius 1 is 1.50 bits per heavy atom. The average molecular weight is 168 g/mol. The molecule has 0 unspecified atom stereocenters. The highest BCUT2D eigenvalue weighted by Crippen LogP contribution is 2.24. The molecular formula is C6H7F3S. The third kappa shape index (κ3) is 3.61. The zero-order valence-corrected chi connectivity index (χ0v) is 6.22. The fourth-order valence-electron chi connectivity index (χ4n) is 0.341. The number of hydrogen-bond donors (Lipinski definition) is 0. The first-order chi connectivity index (χ1) is 4.48. The molecule has 0 rings (SSSR count). The van der Waals surface area contributed by atoms with E-state index in [0.717, 1.165) is 13.0 Å². The number of thiocarbonyl (C=S) groups is 1. The first kappa shape index (κ1) is 9.62. The molecule has 0 aliphatic heterocycles. The van der Waals surface area contributed by atoms with Gasteiger partial charge in [-0.25, -0.2) is 0 Å². The summed E-state index contributed by atoms with van der Waals surface area (Å²) in [5.74, 6) is 0. The van der Waals surface area contributed by atoms with Crippen molar-refractivity contribution in [2.75, 3.05) is 0 Å². The highest BCUT2D eigenvalue weighted by molar-refractivity contribution is 7.78. The first-order valence-corrected chi connectivity index (χ1v) is 3.13. The van der Waals surface area contributed by atoms with E-state index in [1.54, 1.807) is 0 Å². The monoisotopic (exact) mass is 168 g/mol. The normalized spacial score (nSPS) is 13.4. The topological polar surface area (TPSA) is 0 Å². The van der Waals surface area contributed by atoms with Crippen molar-refractivity contribution in [1.82, 2.24) is 0 Å². The number of alkyl halides is 3. The van der Waals surface area contributed by atoms with Crippen LogP contribution in [0.25, 0.3) is 0 Å². The van der Waals surface area contributed by atoms with Crippen LogP contribution in [0.3, 0.4) is 0 Å². The average Bonchev–Trinajstić information content (AvgIpc) is 1.80. The van der Waals surface area contributed by atoms with Crippen molar-refractivity contribution in [2.24, 2.45) is 0 Å². The van der Waals surface area contributed by atoms with Gasteiger partial charge in [0.25, 0.3) is 0 Å². The van der Waals surface area contributed by atoms with Gasteiger partial charge in [-0.2, -0.15) is 13.2 Å². The Hall–Kier alpha value is -0.380. The van der Waals surface area contributed by atoms with Crippen LogP contribution in [0.15, 0.2) is 11.6 Å². The summed E-state index contributed by atoms with van der Waals surface area (Å²) in [5.41, 5.74) is -0.589. The third-order valence-corrected chi connectivity index (χ3v) is 1.16. The summed E-state index contributed by atoms with van der Waals surface area (Å²) in [6, 6.07) is 0. The molecule has 58 valence electrons. The Labute approximate surface area is 62.7 Å². The molecule has 0 spiro atoms. The molecule has 0 N–H and O–H groups in total. The molecule has 0 fully saturated rings. The third-order valence-electron chi connectivity index (χ3n) is 0.967. The second-order valence-electron chi connectivity index (χ2n) is 1.79. The summed E-state index contributed by atoms with van der Waals surface area (Å²) in [5, 5.41) is 1.26. The molecular weight excluding hydrogens is 161 g/mol. The maximum atomic E-state index is 11.7. The molecule has 0 amide bonds. The summed E-state index contributed by atoms with van der Waals surface area (Å²) in [6.45, 7) is 1.03. The molecule has 0 nitrogen and oxygen atoms in total. The molecule has 0 radical (unpaired) electrons. The van der Waals surface area contributed by atoms with Crippen molar-refractivity contribution < 1.29 is 13.2 Å². The zero-order chi connectivity index (χ0) is 8.20. The standard InChI is InChI=1S/C6H7F3S/c1-5(3-2-4-10)6(7,8)9/h3-4H,2H2,1H3/b5-3+. The molecule has 0 saturated heterocycles. The van der Waals surface area contributed by atoms with Gasteiger partial charge in [-0.3, -0.25) is 0 Å². The molecule has 0 aromatic carbocycles. The van der Waals surface area contributed by atoms with Crippen LogP contribution in [0.1, 0.15) is 13.3 Å². The van der Waals surface area contributed by atoms with Crippen LogP contribution in [0.2, 0.25) is 0 Å². The molecule has 0 aliphatic carbocycles. The number of hydrogen-bond acceptors (Lipinski definition) is 1. The van der Waals surface area contributed by atoms with Crippen molar-refractivity contribution in [3.63, 3.8) is 0 Å². The van der Waals surface area contributed by atoms with Gasteiger partial charge < -0.3 is 0 Å². The smallest absolute Gasteiger partial charge is 0.167 e. The van der Waals surface area contributed by atoms with Gasteiger partial charge >= 0.3 is 6.18 Å². The second kappa shape index (κ2) is 3.71. The van der Waals surface area contributed by atoms with Crippen molar-refractivity contribution in [3.05, 3.63) is 11.6 Å². The predicted octanol–water partition coefficient (Wildman–Crippen LogP) is 2.88. The van der Waals surface area contributed by atoms with Crippen LogP contribution >= 0.6 is 12.2 Å². The molecule has 4 heteroatoms. The Morgan fingerprint density at radius 2 is 2.00 bits per heavy atom. The summed E-state index contributed by atoms with van der Waals surface area (Å²) < 4.78 is 35.0. The maximum Gasteiger partial charge on any atom is 0.412 e. The Morgan fingerprint density at radius 3 is 2.30 bits per heavy atom. The van der Waals surface area contributed by atoms with Gasteiger partial charge in [0.1, 0.15) is 0 Å². The lowest BCUT2D eigenvalue weighted by Crippen LogP contribution is -2.08. The Kier molecular flexibility index (Phi) is 3.57. The van der Waals surface area contributed by atoms with Gasteiger partial charge in [0.05, 0.1) is 0 Å². The van der Waals surface area contributed by atoms with Crippen LogP contribution in [0.5, 0.6) is 0 Å². The van der Waals surface area contributed by atoms with Crippen molar-refractivity contribution >= 4 is 17.6 Å². The summed E-state index contributed by atoms with van der Waals surface area (Å²) in [6.07, 6.45) is -2.94. The van der Waals surface area contributed by atoms with Gasteiger partial charge in [-0.1, -0.05) is 18.3 Å². The van der Waals surface area contributed by atoms with Crippen LogP contribution < -0.4 is 0 Å². The molecule has 0 atom stereocenters. The van der Waals surface area contributed by atoms with E-state index >= 15 is 0 Å². The van der Waals surface area contributed by atoms with E-state index in [2.05, 4.69) is 12.2 Å². The van der Waals surface area contributed by atoms with Crippen LogP contribution in [0, 0.1) is 0 Å². The van der Waals surface area contributed by atoms with Gasteiger partial charge in [0.15, 0.2) is 0 Å². The molecule has 0 aromatic heterocycles. The predicted molar refractivity (Wildman–Crippen MR) is 38.1 cm³/mol. The quantitative estimate of drug-likeness (QED) is 0.451. The van der Waals surface area contributed by atoms with Gasteiger partial charge in [-0.05, 0) is 18.7 Å². The fourth-order valence-corrected chi connectivity index (χ4v) is 0.437. The van der Waals surface area contributed by atoms with Gasteiger partial charge in [0.2, 0.25) is 0 Å². The second-order valence-corrected chi connectivity index (χ2v) is 2.12. The molecule has 10 heavy (non-hydrogen) atoms.